The van der Waals surface area contributed by atoms with E-state index < -0.39 is 0 Å². The fourth-order valence-electron chi connectivity index (χ4n) is 2.55. The Hall–Kier alpha value is -1.00. The van der Waals surface area contributed by atoms with Gasteiger partial charge in [-0.2, -0.15) is 11.8 Å². The van der Waals surface area contributed by atoms with Gasteiger partial charge in [-0.25, -0.2) is 0 Å². The van der Waals surface area contributed by atoms with Crippen LogP contribution in [0.3, 0.4) is 0 Å². The number of rotatable bonds is 5. The summed E-state index contributed by atoms with van der Waals surface area (Å²) in [5.41, 5.74) is 2.57. The predicted octanol–water partition coefficient (Wildman–Crippen LogP) is 2.48. The molecule has 2 rings (SSSR count). The van der Waals surface area contributed by atoms with Crippen molar-refractivity contribution >= 4 is 17.7 Å². The Balaban J connectivity index is 1.84. The number of nitrogens with one attached hydrogen (secondary N) is 1. The Morgan fingerprint density at radius 2 is 2.14 bits per heavy atom. The molecule has 2 atom stereocenters. The Bertz CT molecular complexity index is 454. The summed E-state index contributed by atoms with van der Waals surface area (Å²) in [5, 5.41) is 3.43. The van der Waals surface area contributed by atoms with Crippen molar-refractivity contribution in [2.45, 2.75) is 38.8 Å². The van der Waals surface area contributed by atoms with Crippen LogP contribution >= 0.6 is 11.8 Å². The van der Waals surface area contributed by atoms with Crippen LogP contribution in [-0.2, 0) is 11.2 Å². The summed E-state index contributed by atoms with van der Waals surface area (Å²) in [5.74, 6) is 2.45. The number of thioether (sulfide) groups is 1. The molecule has 1 heterocycles. The molecule has 4 heteroatoms. The Morgan fingerprint density at radius 3 is 2.76 bits per heavy atom. The predicted molar refractivity (Wildman–Crippen MR) is 90.8 cm³/mol. The van der Waals surface area contributed by atoms with E-state index in [0.717, 1.165) is 24.5 Å². The minimum Gasteiger partial charge on any atom is -0.343 e. The molecule has 116 valence electrons. The average molecular weight is 306 g/mol. The SMILES string of the molecule is Cc1ccc(CC(C)N(C)C(=O)CC2CSCCN2)cc1. The van der Waals surface area contributed by atoms with Crippen molar-refractivity contribution in [3.63, 3.8) is 0 Å². The summed E-state index contributed by atoms with van der Waals surface area (Å²) >= 11 is 1.94. The number of benzene rings is 1. The minimum absolute atomic E-state index is 0.233. The maximum absolute atomic E-state index is 12.4. The van der Waals surface area contributed by atoms with Gasteiger partial charge in [-0.3, -0.25) is 4.79 Å². The normalized spacial score (nSPS) is 20.0. The summed E-state index contributed by atoms with van der Waals surface area (Å²) in [7, 11) is 1.93. The van der Waals surface area contributed by atoms with E-state index in [2.05, 4.69) is 43.4 Å². The van der Waals surface area contributed by atoms with E-state index in [1.54, 1.807) is 0 Å². The molecule has 21 heavy (non-hydrogen) atoms. The van der Waals surface area contributed by atoms with Gasteiger partial charge in [-0.15, -0.1) is 0 Å². The first-order valence-corrected chi connectivity index (χ1v) is 8.84. The Kier molecular flexibility index (Phi) is 6.12. The van der Waals surface area contributed by atoms with Crippen molar-refractivity contribution in [1.29, 1.82) is 0 Å². The van der Waals surface area contributed by atoms with Gasteiger partial charge in [-0.1, -0.05) is 29.8 Å². The molecule has 0 aromatic heterocycles. The van der Waals surface area contributed by atoms with Crippen molar-refractivity contribution in [2.75, 3.05) is 25.1 Å². The summed E-state index contributed by atoms with van der Waals surface area (Å²) in [4.78, 5) is 14.3. The smallest absolute Gasteiger partial charge is 0.224 e. The van der Waals surface area contributed by atoms with Gasteiger partial charge in [0.2, 0.25) is 5.91 Å². The lowest BCUT2D eigenvalue weighted by atomic mass is 10.0. The summed E-state index contributed by atoms with van der Waals surface area (Å²) < 4.78 is 0. The lowest BCUT2D eigenvalue weighted by molar-refractivity contribution is -0.132. The topological polar surface area (TPSA) is 32.3 Å². The molecular weight excluding hydrogens is 280 g/mol. The monoisotopic (exact) mass is 306 g/mol. The third kappa shape index (κ3) is 5.04. The molecule has 0 spiro atoms. The van der Waals surface area contributed by atoms with E-state index in [-0.39, 0.29) is 11.9 Å². The van der Waals surface area contributed by atoms with Crippen LogP contribution in [-0.4, -0.2) is 48.0 Å². The van der Waals surface area contributed by atoms with Crippen LogP contribution in [0, 0.1) is 6.92 Å². The number of likely N-dealkylation sites (N-methyl/N-ethyl adjacent to an activating group) is 1. The molecule has 2 unspecified atom stereocenters. The van der Waals surface area contributed by atoms with E-state index in [4.69, 9.17) is 0 Å². The number of hydrogen-bond donors (Lipinski definition) is 1. The molecule has 3 nitrogen and oxygen atoms in total. The maximum Gasteiger partial charge on any atom is 0.224 e. The van der Waals surface area contributed by atoms with E-state index >= 15 is 0 Å². The van der Waals surface area contributed by atoms with Crippen molar-refractivity contribution in [1.82, 2.24) is 10.2 Å². The van der Waals surface area contributed by atoms with Gasteiger partial charge in [0.25, 0.3) is 0 Å². The fraction of sp³-hybridized carbons (Fsp3) is 0.588. The summed E-state index contributed by atoms with van der Waals surface area (Å²) in [6.07, 6.45) is 1.52. The highest BCUT2D eigenvalue weighted by Gasteiger charge is 2.21. The number of aryl methyl sites for hydroxylation is 1. The molecule has 0 saturated carbocycles. The summed E-state index contributed by atoms with van der Waals surface area (Å²) in [6.45, 7) is 5.24. The van der Waals surface area contributed by atoms with Gasteiger partial charge in [0.05, 0.1) is 0 Å². The molecule has 1 fully saturated rings. The van der Waals surface area contributed by atoms with Crippen LogP contribution < -0.4 is 5.32 Å². The molecule has 1 N–H and O–H groups in total. The zero-order valence-electron chi connectivity index (χ0n) is 13.3. The molecule has 0 bridgehead atoms. The molecule has 0 radical (unpaired) electrons. The van der Waals surface area contributed by atoms with Crippen LogP contribution in [0.1, 0.15) is 24.5 Å². The number of amides is 1. The van der Waals surface area contributed by atoms with Gasteiger partial charge < -0.3 is 10.2 Å². The van der Waals surface area contributed by atoms with Crippen molar-refractivity contribution < 1.29 is 4.79 Å². The van der Waals surface area contributed by atoms with E-state index in [1.165, 1.54) is 11.1 Å². The standard InChI is InChI=1S/C17H26N2OS/c1-13-4-6-15(7-5-13)10-14(2)19(3)17(20)11-16-12-21-9-8-18-16/h4-7,14,16,18H,8-12H2,1-3H3. The maximum atomic E-state index is 12.4. The Labute approximate surface area is 132 Å². The van der Waals surface area contributed by atoms with Crippen LogP contribution in [0.5, 0.6) is 0 Å². The van der Waals surface area contributed by atoms with E-state index in [1.807, 2.05) is 23.7 Å². The molecule has 1 aromatic rings. The van der Waals surface area contributed by atoms with E-state index in [9.17, 15) is 4.79 Å². The first-order chi connectivity index (χ1) is 10.1. The lowest BCUT2D eigenvalue weighted by Gasteiger charge is -2.29. The van der Waals surface area contributed by atoms with Gasteiger partial charge >= 0.3 is 0 Å². The molecular formula is C17H26N2OS. The fourth-order valence-corrected chi connectivity index (χ4v) is 3.50. The largest absolute Gasteiger partial charge is 0.343 e. The quantitative estimate of drug-likeness (QED) is 0.907. The number of hydrogen-bond acceptors (Lipinski definition) is 3. The van der Waals surface area contributed by atoms with Gasteiger partial charge in [0, 0.05) is 43.6 Å². The first kappa shape index (κ1) is 16.4. The highest BCUT2D eigenvalue weighted by molar-refractivity contribution is 7.99. The minimum atomic E-state index is 0.233. The number of carbonyl (C=O) groups is 1. The van der Waals surface area contributed by atoms with Crippen LogP contribution in [0.4, 0.5) is 0 Å². The molecule has 1 aromatic carbocycles. The van der Waals surface area contributed by atoms with Crippen molar-refractivity contribution in [2.24, 2.45) is 0 Å². The zero-order chi connectivity index (χ0) is 15.2. The molecule has 0 aliphatic carbocycles. The van der Waals surface area contributed by atoms with Gasteiger partial charge in [-0.05, 0) is 25.8 Å². The average Bonchev–Trinajstić information content (AvgIpc) is 2.49. The van der Waals surface area contributed by atoms with Crippen LogP contribution in [0.2, 0.25) is 0 Å². The van der Waals surface area contributed by atoms with Crippen LogP contribution in [0.15, 0.2) is 24.3 Å². The van der Waals surface area contributed by atoms with Crippen molar-refractivity contribution in [3.05, 3.63) is 35.4 Å². The highest BCUT2D eigenvalue weighted by Crippen LogP contribution is 2.14. The zero-order valence-corrected chi connectivity index (χ0v) is 14.1. The number of carbonyl (C=O) groups excluding carboxylic acids is 1. The van der Waals surface area contributed by atoms with E-state index in [0.29, 0.717) is 12.5 Å². The molecule has 1 aliphatic rings. The third-order valence-electron chi connectivity index (χ3n) is 4.13. The first-order valence-electron chi connectivity index (χ1n) is 7.68. The lowest BCUT2D eigenvalue weighted by Crippen LogP contribution is -2.44. The van der Waals surface area contributed by atoms with Crippen molar-refractivity contribution in [3.8, 4) is 0 Å². The molecule has 1 amide bonds. The second kappa shape index (κ2) is 7.85. The second-order valence-corrected chi connectivity index (χ2v) is 7.12. The molecule has 1 aliphatic heterocycles. The van der Waals surface area contributed by atoms with Gasteiger partial charge in [0.1, 0.15) is 0 Å². The number of nitrogens with zero attached hydrogens (tertiary/aromatic N) is 1. The molecule has 1 saturated heterocycles. The van der Waals surface area contributed by atoms with Gasteiger partial charge in [0.15, 0.2) is 0 Å². The second-order valence-electron chi connectivity index (χ2n) is 5.97. The van der Waals surface area contributed by atoms with Crippen LogP contribution in [0.25, 0.3) is 0 Å². The third-order valence-corrected chi connectivity index (χ3v) is 5.26. The summed E-state index contributed by atoms with van der Waals surface area (Å²) in [6, 6.07) is 9.15. The highest BCUT2D eigenvalue weighted by atomic mass is 32.2. The Morgan fingerprint density at radius 1 is 1.43 bits per heavy atom.